The molecule has 1 aliphatic rings. The number of esters is 1. The van der Waals surface area contributed by atoms with Gasteiger partial charge in [0, 0.05) is 11.6 Å². The zero-order valence-electron chi connectivity index (χ0n) is 14.0. The summed E-state index contributed by atoms with van der Waals surface area (Å²) in [5.74, 6) is 1.07. The number of carbonyl (C=O) groups is 2. The van der Waals surface area contributed by atoms with Gasteiger partial charge in [0.2, 0.25) is 0 Å². The van der Waals surface area contributed by atoms with E-state index >= 15 is 0 Å². The van der Waals surface area contributed by atoms with E-state index < -0.39 is 30.1 Å². The minimum absolute atomic E-state index is 0.00948. The van der Waals surface area contributed by atoms with Crippen LogP contribution in [0.1, 0.15) is 40.0 Å². The van der Waals surface area contributed by atoms with E-state index in [1.54, 1.807) is 13.0 Å². The summed E-state index contributed by atoms with van der Waals surface area (Å²) in [5.41, 5.74) is 6.62. The molecule has 0 aromatic rings. The summed E-state index contributed by atoms with van der Waals surface area (Å²) in [6.07, 6.45) is 8.25. The standard InChI is InChI=1S/C17H26N2O4/c1-5-12(6-2)23-14-10-11(17(21)22-8-4)9-13(18)16(14)19-15(20)7-3/h3,10,12-14,16H,5-6,8-9,18H2,1-2,4H3,(H,19,20). The van der Waals surface area contributed by atoms with Crippen LogP contribution in [0.4, 0.5) is 0 Å². The Morgan fingerprint density at radius 2 is 2.09 bits per heavy atom. The molecule has 3 unspecified atom stereocenters. The number of rotatable bonds is 7. The van der Waals surface area contributed by atoms with E-state index in [4.69, 9.17) is 21.6 Å². The van der Waals surface area contributed by atoms with E-state index in [-0.39, 0.29) is 6.10 Å². The Balaban J connectivity index is 3.02. The molecule has 0 aliphatic heterocycles. The number of ether oxygens (including phenoxy) is 2. The summed E-state index contributed by atoms with van der Waals surface area (Å²) in [6, 6.07) is -0.951. The predicted octanol–water partition coefficient (Wildman–Crippen LogP) is 0.899. The van der Waals surface area contributed by atoms with Crippen molar-refractivity contribution in [2.75, 3.05) is 6.61 Å². The third-order valence-corrected chi connectivity index (χ3v) is 3.86. The molecular weight excluding hydrogens is 296 g/mol. The average molecular weight is 322 g/mol. The van der Waals surface area contributed by atoms with Gasteiger partial charge in [-0.05, 0) is 38.2 Å². The van der Waals surface area contributed by atoms with Crippen LogP contribution in [0.2, 0.25) is 0 Å². The molecule has 3 atom stereocenters. The van der Waals surface area contributed by atoms with Gasteiger partial charge in [0.15, 0.2) is 0 Å². The fourth-order valence-electron chi connectivity index (χ4n) is 2.58. The van der Waals surface area contributed by atoms with Gasteiger partial charge in [-0.15, -0.1) is 6.42 Å². The average Bonchev–Trinajstić information content (AvgIpc) is 2.54. The van der Waals surface area contributed by atoms with Crippen molar-refractivity contribution in [2.24, 2.45) is 5.73 Å². The number of nitrogens with one attached hydrogen (secondary N) is 1. The van der Waals surface area contributed by atoms with E-state index in [2.05, 4.69) is 5.32 Å². The first-order chi connectivity index (χ1) is 11.0. The molecule has 1 aliphatic carbocycles. The molecule has 0 saturated heterocycles. The van der Waals surface area contributed by atoms with Crippen molar-refractivity contribution >= 4 is 11.9 Å². The Bertz CT molecular complexity index is 491. The first-order valence-electron chi connectivity index (χ1n) is 8.02. The lowest BCUT2D eigenvalue weighted by atomic mass is 9.88. The first-order valence-corrected chi connectivity index (χ1v) is 8.02. The topological polar surface area (TPSA) is 90.7 Å². The third-order valence-electron chi connectivity index (χ3n) is 3.86. The summed E-state index contributed by atoms with van der Waals surface area (Å²) in [6.45, 7) is 6.07. The summed E-state index contributed by atoms with van der Waals surface area (Å²) in [7, 11) is 0. The van der Waals surface area contributed by atoms with E-state index in [0.717, 1.165) is 12.8 Å². The van der Waals surface area contributed by atoms with Gasteiger partial charge in [-0.25, -0.2) is 4.79 Å². The second kappa shape index (κ2) is 9.33. The molecule has 0 saturated carbocycles. The van der Waals surface area contributed by atoms with Crippen molar-refractivity contribution in [3.05, 3.63) is 11.6 Å². The maximum atomic E-state index is 12.0. The highest BCUT2D eigenvalue weighted by molar-refractivity contribution is 5.93. The van der Waals surface area contributed by atoms with Crippen LogP contribution in [-0.4, -0.2) is 42.8 Å². The Hall–Kier alpha value is -1.84. The van der Waals surface area contributed by atoms with E-state index in [1.165, 1.54) is 0 Å². The summed E-state index contributed by atoms with van der Waals surface area (Å²) >= 11 is 0. The Kier molecular flexibility index (Phi) is 7.79. The molecule has 0 heterocycles. The highest BCUT2D eigenvalue weighted by Gasteiger charge is 2.36. The second-order valence-corrected chi connectivity index (χ2v) is 5.46. The molecule has 128 valence electrons. The number of nitrogens with two attached hydrogens (primary N) is 1. The molecule has 1 amide bonds. The summed E-state index contributed by atoms with van der Waals surface area (Å²) < 4.78 is 11.1. The number of hydrogen-bond donors (Lipinski definition) is 2. The molecule has 0 bridgehead atoms. The van der Waals surface area contributed by atoms with E-state index in [9.17, 15) is 9.59 Å². The van der Waals surface area contributed by atoms with Crippen LogP contribution in [0.5, 0.6) is 0 Å². The molecular formula is C17H26N2O4. The highest BCUT2D eigenvalue weighted by atomic mass is 16.5. The molecule has 0 aromatic heterocycles. The zero-order valence-corrected chi connectivity index (χ0v) is 14.0. The molecule has 3 N–H and O–H groups in total. The maximum absolute atomic E-state index is 12.0. The van der Waals surface area contributed by atoms with Gasteiger partial charge in [0.05, 0.1) is 24.9 Å². The number of hydrogen-bond acceptors (Lipinski definition) is 5. The molecule has 6 heteroatoms. The third kappa shape index (κ3) is 5.38. The van der Waals surface area contributed by atoms with Crippen LogP contribution in [0, 0.1) is 12.3 Å². The van der Waals surface area contributed by atoms with Crippen LogP contribution < -0.4 is 11.1 Å². The van der Waals surface area contributed by atoms with Crippen molar-refractivity contribution in [2.45, 2.75) is 64.3 Å². The Labute approximate surface area is 137 Å². The van der Waals surface area contributed by atoms with Crippen LogP contribution >= 0.6 is 0 Å². The first kappa shape index (κ1) is 19.2. The molecule has 0 aromatic carbocycles. The molecule has 23 heavy (non-hydrogen) atoms. The fraction of sp³-hybridized carbons (Fsp3) is 0.647. The van der Waals surface area contributed by atoms with E-state index in [0.29, 0.717) is 18.6 Å². The van der Waals surface area contributed by atoms with Gasteiger partial charge in [-0.1, -0.05) is 13.8 Å². The second-order valence-electron chi connectivity index (χ2n) is 5.46. The molecule has 1 rings (SSSR count). The lowest BCUT2D eigenvalue weighted by Gasteiger charge is -2.36. The van der Waals surface area contributed by atoms with Crippen LogP contribution in [0.15, 0.2) is 11.6 Å². The minimum Gasteiger partial charge on any atom is -0.463 e. The minimum atomic E-state index is -0.545. The van der Waals surface area contributed by atoms with E-state index in [1.807, 2.05) is 19.8 Å². The largest absolute Gasteiger partial charge is 0.463 e. The van der Waals surface area contributed by atoms with Crippen molar-refractivity contribution in [3.8, 4) is 12.3 Å². The number of amides is 1. The molecule has 0 fully saturated rings. The number of terminal acetylenes is 1. The van der Waals surface area contributed by atoms with Crippen molar-refractivity contribution in [3.63, 3.8) is 0 Å². The molecule has 0 spiro atoms. The molecule has 0 radical (unpaired) electrons. The van der Waals surface area contributed by atoms with Crippen LogP contribution in [0.3, 0.4) is 0 Å². The fourth-order valence-corrected chi connectivity index (χ4v) is 2.58. The van der Waals surface area contributed by atoms with Gasteiger partial charge in [0.1, 0.15) is 0 Å². The maximum Gasteiger partial charge on any atom is 0.333 e. The lowest BCUT2D eigenvalue weighted by Crippen LogP contribution is -2.57. The van der Waals surface area contributed by atoms with Crippen molar-refractivity contribution in [1.29, 1.82) is 0 Å². The predicted molar refractivity (Wildman–Crippen MR) is 87.3 cm³/mol. The van der Waals surface area contributed by atoms with Gasteiger partial charge in [-0.3, -0.25) is 4.79 Å². The zero-order chi connectivity index (χ0) is 17.4. The molecule has 6 nitrogen and oxygen atoms in total. The lowest BCUT2D eigenvalue weighted by molar-refractivity contribution is -0.139. The van der Waals surface area contributed by atoms with Gasteiger partial charge in [-0.2, -0.15) is 0 Å². The van der Waals surface area contributed by atoms with Crippen molar-refractivity contribution in [1.82, 2.24) is 5.32 Å². The smallest absolute Gasteiger partial charge is 0.333 e. The summed E-state index contributed by atoms with van der Waals surface area (Å²) in [5, 5.41) is 2.69. The normalized spacial score (nSPS) is 23.8. The quantitative estimate of drug-likeness (QED) is 0.537. The van der Waals surface area contributed by atoms with Gasteiger partial charge < -0.3 is 20.5 Å². The van der Waals surface area contributed by atoms with Crippen molar-refractivity contribution < 1.29 is 19.1 Å². The van der Waals surface area contributed by atoms with Crippen LogP contribution in [0.25, 0.3) is 0 Å². The van der Waals surface area contributed by atoms with Crippen LogP contribution in [-0.2, 0) is 19.1 Å². The summed E-state index contributed by atoms with van der Waals surface area (Å²) in [4.78, 5) is 23.5. The highest BCUT2D eigenvalue weighted by Crippen LogP contribution is 2.24. The van der Waals surface area contributed by atoms with Gasteiger partial charge >= 0.3 is 5.97 Å². The van der Waals surface area contributed by atoms with Gasteiger partial charge in [0.25, 0.3) is 5.91 Å². The number of carbonyl (C=O) groups excluding carboxylic acids is 2. The Morgan fingerprint density at radius 3 is 2.61 bits per heavy atom. The Morgan fingerprint density at radius 1 is 1.43 bits per heavy atom. The SMILES string of the molecule is C#CC(=O)NC1C(N)CC(C(=O)OCC)=CC1OC(CC)CC. The monoisotopic (exact) mass is 322 g/mol.